The Balaban J connectivity index is 1.71. The van der Waals surface area contributed by atoms with E-state index in [-0.39, 0.29) is 0 Å². The van der Waals surface area contributed by atoms with Crippen molar-refractivity contribution in [2.45, 2.75) is 6.54 Å². The molecule has 0 radical (unpaired) electrons. The number of hydrogen-bond donors (Lipinski definition) is 0. The van der Waals surface area contributed by atoms with Gasteiger partial charge in [-0.1, -0.05) is 18.2 Å². The molecule has 0 atom stereocenters. The second-order valence-corrected chi connectivity index (χ2v) is 5.59. The molecule has 22 heavy (non-hydrogen) atoms. The average molecular weight is 302 g/mol. The molecule has 0 unspecified atom stereocenters. The molecule has 2 heterocycles. The van der Waals surface area contributed by atoms with Crippen molar-refractivity contribution in [3.05, 3.63) is 53.6 Å². The minimum absolute atomic E-state index is 0.355. The van der Waals surface area contributed by atoms with Gasteiger partial charge in [0.25, 0.3) is 0 Å². The first-order valence-corrected chi connectivity index (χ1v) is 7.42. The molecule has 0 saturated heterocycles. The maximum atomic E-state index is 13.9. The van der Waals surface area contributed by atoms with Crippen LogP contribution in [0.5, 0.6) is 5.75 Å². The van der Waals surface area contributed by atoms with Crippen molar-refractivity contribution in [1.82, 2.24) is 0 Å². The van der Waals surface area contributed by atoms with Crippen LogP contribution in [-0.2, 0) is 6.54 Å². The Bertz CT molecular complexity index is 720. The molecular weight excluding hydrogens is 286 g/mol. The summed E-state index contributed by atoms with van der Waals surface area (Å²) < 4.78 is 33.0. The van der Waals surface area contributed by atoms with Crippen LogP contribution in [0.4, 0.5) is 20.2 Å². The predicted molar refractivity (Wildman–Crippen MR) is 81.6 cm³/mol. The van der Waals surface area contributed by atoms with Gasteiger partial charge >= 0.3 is 0 Å². The molecule has 0 aromatic heterocycles. The summed E-state index contributed by atoms with van der Waals surface area (Å²) in [5, 5.41) is 0. The van der Waals surface area contributed by atoms with Crippen LogP contribution in [-0.4, -0.2) is 26.2 Å². The molecule has 2 aliphatic heterocycles. The molecule has 5 heteroatoms. The first kappa shape index (κ1) is 13.4. The molecule has 0 aliphatic carbocycles. The predicted octanol–water partition coefficient (Wildman–Crippen LogP) is 3.18. The number of benzene rings is 2. The molecule has 2 aromatic rings. The van der Waals surface area contributed by atoms with Gasteiger partial charge in [0, 0.05) is 25.2 Å². The van der Waals surface area contributed by atoms with Gasteiger partial charge in [0.2, 0.25) is 0 Å². The topological polar surface area (TPSA) is 15.7 Å². The van der Waals surface area contributed by atoms with Crippen LogP contribution >= 0.6 is 0 Å². The van der Waals surface area contributed by atoms with Gasteiger partial charge in [-0.3, -0.25) is 0 Å². The first-order chi connectivity index (χ1) is 10.7. The lowest BCUT2D eigenvalue weighted by molar-refractivity contribution is 0.306. The van der Waals surface area contributed by atoms with E-state index in [0.29, 0.717) is 18.7 Å². The zero-order valence-electron chi connectivity index (χ0n) is 12.1. The molecular formula is C17H16F2N2O. The van der Waals surface area contributed by atoms with Crippen molar-refractivity contribution in [3.8, 4) is 5.75 Å². The van der Waals surface area contributed by atoms with Crippen LogP contribution in [0.25, 0.3) is 0 Å². The zero-order valence-corrected chi connectivity index (χ0v) is 12.1. The quantitative estimate of drug-likeness (QED) is 0.847. The van der Waals surface area contributed by atoms with Crippen LogP contribution in [0.15, 0.2) is 36.4 Å². The average Bonchev–Trinajstić information content (AvgIpc) is 2.54. The molecule has 0 amide bonds. The van der Waals surface area contributed by atoms with E-state index in [2.05, 4.69) is 9.80 Å². The number of halogens is 2. The summed E-state index contributed by atoms with van der Waals surface area (Å²) in [4.78, 5) is 4.38. The second-order valence-electron chi connectivity index (χ2n) is 5.59. The highest BCUT2D eigenvalue weighted by Crippen LogP contribution is 2.43. The van der Waals surface area contributed by atoms with Gasteiger partial charge in [-0.15, -0.1) is 0 Å². The Hall–Kier alpha value is -2.30. The van der Waals surface area contributed by atoms with Crippen molar-refractivity contribution in [3.63, 3.8) is 0 Å². The molecule has 3 nitrogen and oxygen atoms in total. The van der Waals surface area contributed by atoms with Gasteiger partial charge in [0.05, 0.1) is 12.2 Å². The van der Waals surface area contributed by atoms with E-state index in [1.807, 2.05) is 18.2 Å². The fourth-order valence-electron chi connectivity index (χ4n) is 3.20. The Morgan fingerprint density at radius 3 is 2.77 bits per heavy atom. The van der Waals surface area contributed by atoms with Gasteiger partial charge in [-0.2, -0.15) is 0 Å². The van der Waals surface area contributed by atoms with E-state index in [1.165, 1.54) is 0 Å². The van der Waals surface area contributed by atoms with Crippen molar-refractivity contribution in [2.24, 2.45) is 0 Å². The Labute approximate surface area is 127 Å². The maximum Gasteiger partial charge on any atom is 0.163 e. The highest BCUT2D eigenvalue weighted by molar-refractivity contribution is 5.80. The van der Waals surface area contributed by atoms with E-state index in [1.54, 1.807) is 12.1 Å². The number of anilines is 2. The SMILES string of the molecule is Fc1cccc(CN2CCN3CCOc4cccc2c43)c1F. The van der Waals surface area contributed by atoms with E-state index in [0.717, 1.165) is 42.8 Å². The summed E-state index contributed by atoms with van der Waals surface area (Å²) in [6.07, 6.45) is 0. The van der Waals surface area contributed by atoms with Crippen molar-refractivity contribution in [1.29, 1.82) is 0 Å². The fraction of sp³-hybridized carbons (Fsp3) is 0.294. The summed E-state index contributed by atoms with van der Waals surface area (Å²) in [6, 6.07) is 10.2. The van der Waals surface area contributed by atoms with Crippen LogP contribution in [0, 0.1) is 11.6 Å². The highest BCUT2D eigenvalue weighted by atomic mass is 19.2. The summed E-state index contributed by atoms with van der Waals surface area (Å²) in [7, 11) is 0. The van der Waals surface area contributed by atoms with E-state index < -0.39 is 11.6 Å². The Morgan fingerprint density at radius 1 is 1.00 bits per heavy atom. The first-order valence-electron chi connectivity index (χ1n) is 7.42. The third-order valence-electron chi connectivity index (χ3n) is 4.29. The van der Waals surface area contributed by atoms with Gasteiger partial charge in [-0.25, -0.2) is 8.78 Å². The molecule has 2 aliphatic rings. The van der Waals surface area contributed by atoms with Crippen LogP contribution in [0.1, 0.15) is 5.56 Å². The molecule has 2 aromatic carbocycles. The monoisotopic (exact) mass is 302 g/mol. The van der Waals surface area contributed by atoms with E-state index in [9.17, 15) is 8.78 Å². The number of hydrogen-bond acceptors (Lipinski definition) is 3. The normalized spacial score (nSPS) is 16.3. The number of para-hydroxylation sites is 1. The highest BCUT2D eigenvalue weighted by Gasteiger charge is 2.29. The van der Waals surface area contributed by atoms with Crippen molar-refractivity contribution >= 4 is 11.4 Å². The number of rotatable bonds is 2. The molecule has 114 valence electrons. The van der Waals surface area contributed by atoms with Crippen LogP contribution < -0.4 is 14.5 Å². The fourth-order valence-corrected chi connectivity index (χ4v) is 3.20. The summed E-state index contributed by atoms with van der Waals surface area (Å²) in [5.74, 6) is -0.686. The standard InChI is InChI=1S/C17H16F2N2O/c18-13-4-1-3-12(16(13)19)11-21-8-7-20-9-10-22-15-6-2-5-14(21)17(15)20/h1-6H,7-11H2. The van der Waals surface area contributed by atoms with Gasteiger partial charge in [-0.05, 0) is 18.2 Å². The van der Waals surface area contributed by atoms with Crippen molar-refractivity contribution < 1.29 is 13.5 Å². The largest absolute Gasteiger partial charge is 0.489 e. The third-order valence-corrected chi connectivity index (χ3v) is 4.29. The Morgan fingerprint density at radius 2 is 1.86 bits per heavy atom. The second kappa shape index (κ2) is 5.16. The minimum atomic E-state index is -0.797. The molecule has 0 fully saturated rings. The minimum Gasteiger partial charge on any atom is -0.489 e. The third kappa shape index (κ3) is 2.08. The van der Waals surface area contributed by atoms with Crippen LogP contribution in [0.2, 0.25) is 0 Å². The zero-order chi connectivity index (χ0) is 15.1. The molecule has 4 rings (SSSR count). The lowest BCUT2D eigenvalue weighted by Crippen LogP contribution is -2.44. The molecule has 0 bridgehead atoms. The van der Waals surface area contributed by atoms with E-state index in [4.69, 9.17) is 4.74 Å². The van der Waals surface area contributed by atoms with Crippen LogP contribution in [0.3, 0.4) is 0 Å². The van der Waals surface area contributed by atoms with Gasteiger partial charge in [0.15, 0.2) is 11.6 Å². The van der Waals surface area contributed by atoms with Gasteiger partial charge < -0.3 is 14.5 Å². The summed E-state index contributed by atoms with van der Waals surface area (Å²) in [6.45, 7) is 3.56. The summed E-state index contributed by atoms with van der Waals surface area (Å²) in [5.41, 5.74) is 2.46. The maximum absolute atomic E-state index is 13.9. The molecule has 0 saturated carbocycles. The smallest absolute Gasteiger partial charge is 0.163 e. The molecule has 0 spiro atoms. The lowest BCUT2D eigenvalue weighted by Gasteiger charge is -2.42. The Kier molecular flexibility index (Phi) is 3.13. The summed E-state index contributed by atoms with van der Waals surface area (Å²) >= 11 is 0. The number of ether oxygens (including phenoxy) is 1. The number of nitrogens with zero attached hydrogens (tertiary/aromatic N) is 2. The molecule has 0 N–H and O–H groups in total. The van der Waals surface area contributed by atoms with Crippen molar-refractivity contribution in [2.75, 3.05) is 36.0 Å². The van der Waals surface area contributed by atoms with E-state index >= 15 is 0 Å². The van der Waals surface area contributed by atoms with Gasteiger partial charge in [0.1, 0.15) is 18.0 Å². The lowest BCUT2D eigenvalue weighted by atomic mass is 10.1.